The van der Waals surface area contributed by atoms with Crippen LogP contribution in [0.15, 0.2) is 47.4 Å². The molecule has 2 rings (SSSR count). The zero-order valence-electron chi connectivity index (χ0n) is 11.6. The minimum Gasteiger partial charge on any atom is -0.465 e. The molecule has 0 saturated carbocycles. The summed E-state index contributed by atoms with van der Waals surface area (Å²) < 4.78 is 4.80. The fraction of sp³-hybridized carbons (Fsp3) is 0.188. The molecule has 2 aromatic carbocycles. The van der Waals surface area contributed by atoms with E-state index in [1.165, 1.54) is 18.2 Å². The minimum atomic E-state index is -0.357. The van der Waals surface area contributed by atoms with Gasteiger partial charge in [0.2, 0.25) is 0 Å². The van der Waals surface area contributed by atoms with Crippen LogP contribution in [0.3, 0.4) is 0 Å². The van der Waals surface area contributed by atoms with Crippen LogP contribution < -0.4 is 5.73 Å². The summed E-state index contributed by atoms with van der Waals surface area (Å²) in [5.74, 6) is 0.444. The predicted octanol–water partition coefficient (Wildman–Crippen LogP) is 3.66. The monoisotopic (exact) mass is 287 g/mol. The number of anilines is 1. The maximum Gasteiger partial charge on any atom is 0.339 e. The van der Waals surface area contributed by atoms with Crippen molar-refractivity contribution >= 4 is 23.4 Å². The Morgan fingerprint density at radius 3 is 2.75 bits per heavy atom. The van der Waals surface area contributed by atoms with Crippen LogP contribution in [0.1, 0.15) is 21.5 Å². The lowest BCUT2D eigenvalue weighted by molar-refractivity contribution is 0.0597. The third kappa shape index (κ3) is 3.54. The second kappa shape index (κ2) is 6.48. The third-order valence-corrected chi connectivity index (χ3v) is 4.03. The molecule has 4 heteroatoms. The molecule has 0 spiro atoms. The second-order valence-electron chi connectivity index (χ2n) is 4.52. The molecular formula is C16H17NO2S. The van der Waals surface area contributed by atoms with E-state index in [1.807, 2.05) is 12.1 Å². The van der Waals surface area contributed by atoms with Crippen molar-refractivity contribution in [3.63, 3.8) is 0 Å². The molecule has 0 aliphatic rings. The van der Waals surface area contributed by atoms with Gasteiger partial charge in [0.1, 0.15) is 0 Å². The topological polar surface area (TPSA) is 52.3 Å². The fourth-order valence-electron chi connectivity index (χ4n) is 1.91. The van der Waals surface area contributed by atoms with Crippen LogP contribution in [-0.4, -0.2) is 13.1 Å². The molecule has 0 bridgehead atoms. The average molecular weight is 287 g/mol. The first-order valence-corrected chi connectivity index (χ1v) is 7.25. The van der Waals surface area contributed by atoms with Gasteiger partial charge in [0.25, 0.3) is 0 Å². The molecule has 0 atom stereocenters. The predicted molar refractivity (Wildman–Crippen MR) is 82.9 cm³/mol. The maximum atomic E-state index is 11.8. The summed E-state index contributed by atoms with van der Waals surface area (Å²) in [5.41, 5.74) is 9.26. The van der Waals surface area contributed by atoms with Crippen LogP contribution in [-0.2, 0) is 10.5 Å². The Hall–Kier alpha value is -1.94. The van der Waals surface area contributed by atoms with E-state index in [2.05, 4.69) is 25.1 Å². The molecular weight excluding hydrogens is 270 g/mol. The molecule has 0 aliphatic carbocycles. The van der Waals surface area contributed by atoms with E-state index in [0.717, 1.165) is 10.6 Å². The van der Waals surface area contributed by atoms with Crippen LogP contribution in [0.25, 0.3) is 0 Å². The van der Waals surface area contributed by atoms with Gasteiger partial charge in [0.15, 0.2) is 0 Å². The largest absolute Gasteiger partial charge is 0.465 e. The van der Waals surface area contributed by atoms with Crippen molar-refractivity contribution in [2.24, 2.45) is 0 Å². The van der Waals surface area contributed by atoms with Crippen LogP contribution >= 0.6 is 11.8 Å². The van der Waals surface area contributed by atoms with Gasteiger partial charge in [0.05, 0.1) is 12.7 Å². The molecule has 0 heterocycles. The summed E-state index contributed by atoms with van der Waals surface area (Å²) in [4.78, 5) is 12.6. The molecule has 0 unspecified atom stereocenters. The molecule has 0 fully saturated rings. The van der Waals surface area contributed by atoms with Crippen LogP contribution in [0.4, 0.5) is 5.69 Å². The molecule has 2 N–H and O–H groups in total. The Kier molecular flexibility index (Phi) is 4.69. The lowest BCUT2D eigenvalue weighted by atomic mass is 10.2. The van der Waals surface area contributed by atoms with Crippen LogP contribution in [0.5, 0.6) is 0 Å². The standard InChI is InChI=1S/C16H17NO2S/c1-11-4-3-5-12(8-11)10-20-15-7-6-13(17)9-14(15)16(18)19-2/h3-9H,10,17H2,1-2H3. The number of thioether (sulfide) groups is 1. The number of aryl methyl sites for hydroxylation is 1. The van der Waals surface area contributed by atoms with E-state index < -0.39 is 0 Å². The van der Waals surface area contributed by atoms with Crippen molar-refractivity contribution in [1.29, 1.82) is 0 Å². The number of hydrogen-bond donors (Lipinski definition) is 1. The first-order chi connectivity index (χ1) is 9.60. The van der Waals surface area contributed by atoms with Crippen molar-refractivity contribution < 1.29 is 9.53 Å². The Morgan fingerprint density at radius 2 is 2.05 bits per heavy atom. The van der Waals surface area contributed by atoms with Gasteiger partial charge >= 0.3 is 5.97 Å². The molecule has 3 nitrogen and oxygen atoms in total. The van der Waals surface area contributed by atoms with E-state index in [-0.39, 0.29) is 5.97 Å². The molecule has 0 saturated heterocycles. The van der Waals surface area contributed by atoms with Crippen molar-refractivity contribution in [2.45, 2.75) is 17.6 Å². The van der Waals surface area contributed by atoms with E-state index >= 15 is 0 Å². The lowest BCUT2D eigenvalue weighted by Gasteiger charge is -2.09. The highest BCUT2D eigenvalue weighted by atomic mass is 32.2. The van der Waals surface area contributed by atoms with Gasteiger partial charge in [-0.15, -0.1) is 11.8 Å². The number of carbonyl (C=O) groups is 1. The van der Waals surface area contributed by atoms with Gasteiger partial charge in [-0.25, -0.2) is 4.79 Å². The van der Waals surface area contributed by atoms with Crippen molar-refractivity contribution in [2.75, 3.05) is 12.8 Å². The van der Waals surface area contributed by atoms with Gasteiger partial charge in [-0.05, 0) is 30.7 Å². The van der Waals surface area contributed by atoms with Crippen LogP contribution in [0.2, 0.25) is 0 Å². The summed E-state index contributed by atoms with van der Waals surface area (Å²) in [7, 11) is 1.38. The molecule has 0 amide bonds. The van der Waals surface area contributed by atoms with Crippen molar-refractivity contribution in [1.82, 2.24) is 0 Å². The second-order valence-corrected chi connectivity index (χ2v) is 5.54. The fourth-order valence-corrected chi connectivity index (χ4v) is 2.87. The van der Waals surface area contributed by atoms with Gasteiger partial charge in [-0.2, -0.15) is 0 Å². The third-order valence-electron chi connectivity index (χ3n) is 2.89. The number of benzene rings is 2. The Bertz CT molecular complexity index is 626. The van der Waals surface area contributed by atoms with E-state index in [1.54, 1.807) is 23.9 Å². The molecule has 2 aromatic rings. The average Bonchev–Trinajstić information content (AvgIpc) is 2.45. The molecule has 0 aliphatic heterocycles. The number of esters is 1. The normalized spacial score (nSPS) is 10.3. The van der Waals surface area contributed by atoms with Gasteiger partial charge in [0, 0.05) is 16.3 Å². The number of ether oxygens (including phenoxy) is 1. The SMILES string of the molecule is COC(=O)c1cc(N)ccc1SCc1cccc(C)c1. The quantitative estimate of drug-likeness (QED) is 0.530. The molecule has 0 radical (unpaired) electrons. The number of rotatable bonds is 4. The number of nitrogens with two attached hydrogens (primary N) is 1. The zero-order chi connectivity index (χ0) is 14.5. The summed E-state index contributed by atoms with van der Waals surface area (Å²) >= 11 is 1.60. The van der Waals surface area contributed by atoms with Gasteiger partial charge in [-0.1, -0.05) is 29.8 Å². The van der Waals surface area contributed by atoms with Gasteiger partial charge < -0.3 is 10.5 Å². The maximum absolute atomic E-state index is 11.8. The highest BCUT2D eigenvalue weighted by molar-refractivity contribution is 7.98. The minimum absolute atomic E-state index is 0.357. The Morgan fingerprint density at radius 1 is 1.25 bits per heavy atom. The number of nitrogen functional groups attached to an aromatic ring is 1. The first-order valence-electron chi connectivity index (χ1n) is 6.26. The zero-order valence-corrected chi connectivity index (χ0v) is 12.4. The molecule has 104 valence electrons. The summed E-state index contributed by atoms with van der Waals surface area (Å²) in [6.45, 7) is 2.07. The first kappa shape index (κ1) is 14.5. The highest BCUT2D eigenvalue weighted by Gasteiger charge is 2.12. The Balaban J connectivity index is 2.19. The summed E-state index contributed by atoms with van der Waals surface area (Å²) in [6.07, 6.45) is 0. The smallest absolute Gasteiger partial charge is 0.339 e. The van der Waals surface area contributed by atoms with Crippen LogP contribution in [0, 0.1) is 6.92 Å². The van der Waals surface area contributed by atoms with E-state index in [4.69, 9.17) is 10.5 Å². The molecule has 0 aromatic heterocycles. The summed E-state index contributed by atoms with van der Waals surface area (Å²) in [6, 6.07) is 13.6. The van der Waals surface area contributed by atoms with Gasteiger partial charge in [-0.3, -0.25) is 0 Å². The van der Waals surface area contributed by atoms with E-state index in [9.17, 15) is 4.79 Å². The van der Waals surface area contributed by atoms with Crippen molar-refractivity contribution in [3.05, 3.63) is 59.2 Å². The number of methoxy groups -OCH3 is 1. The lowest BCUT2D eigenvalue weighted by Crippen LogP contribution is -2.04. The van der Waals surface area contributed by atoms with Crippen molar-refractivity contribution in [3.8, 4) is 0 Å². The Labute approximate surface area is 123 Å². The molecule has 20 heavy (non-hydrogen) atoms. The highest BCUT2D eigenvalue weighted by Crippen LogP contribution is 2.28. The van der Waals surface area contributed by atoms with E-state index in [0.29, 0.717) is 11.3 Å². The number of carbonyl (C=O) groups excluding carboxylic acids is 1. The summed E-state index contributed by atoms with van der Waals surface area (Å²) in [5, 5.41) is 0. The number of hydrogen-bond acceptors (Lipinski definition) is 4.